The zero-order valence-electron chi connectivity index (χ0n) is 11.6. The van der Waals surface area contributed by atoms with Gasteiger partial charge in [0.05, 0.1) is 0 Å². The zero-order valence-corrected chi connectivity index (χ0v) is 11.6. The molecule has 0 saturated heterocycles. The third-order valence-electron chi connectivity index (χ3n) is 2.92. The van der Waals surface area contributed by atoms with Crippen LogP contribution in [0.3, 0.4) is 0 Å². The minimum Gasteiger partial charge on any atom is -0.353 e. The molecule has 0 aromatic heterocycles. The van der Waals surface area contributed by atoms with Gasteiger partial charge in [-0.15, -0.1) is 0 Å². The van der Waals surface area contributed by atoms with Crippen molar-refractivity contribution in [2.75, 3.05) is 6.54 Å². The monoisotopic (exact) mass is 245 g/mol. The molecule has 0 radical (unpaired) electrons. The van der Waals surface area contributed by atoms with E-state index in [1.807, 2.05) is 12.1 Å². The summed E-state index contributed by atoms with van der Waals surface area (Å²) in [6.07, 6.45) is 6.89. The molecule has 0 unspecified atom stereocenters. The van der Waals surface area contributed by atoms with Crippen LogP contribution >= 0.6 is 0 Å². The average molecular weight is 245 g/mol. The van der Waals surface area contributed by atoms with E-state index < -0.39 is 0 Å². The van der Waals surface area contributed by atoms with Crippen LogP contribution in [0.25, 0.3) is 6.08 Å². The van der Waals surface area contributed by atoms with Crippen LogP contribution in [0.5, 0.6) is 0 Å². The number of nitrogens with one attached hydrogen (secondary N) is 1. The van der Waals surface area contributed by atoms with E-state index >= 15 is 0 Å². The standard InChI is InChI=1S/C16H23NO/c1-4-5-6-11-17-16(18)10-9-15-8-7-13(2)12-14(15)3/h7-10,12H,4-6,11H2,1-3H3,(H,17,18)/b10-9+. The topological polar surface area (TPSA) is 29.1 Å². The fourth-order valence-electron chi connectivity index (χ4n) is 1.82. The molecule has 18 heavy (non-hydrogen) atoms. The molecule has 0 atom stereocenters. The summed E-state index contributed by atoms with van der Waals surface area (Å²) in [4.78, 5) is 11.6. The van der Waals surface area contributed by atoms with Gasteiger partial charge >= 0.3 is 0 Å². The predicted octanol–water partition coefficient (Wildman–Crippen LogP) is 3.62. The first kappa shape index (κ1) is 14.5. The van der Waals surface area contributed by atoms with Crippen molar-refractivity contribution in [2.45, 2.75) is 40.0 Å². The molecule has 0 aliphatic carbocycles. The molecule has 0 fully saturated rings. The fourth-order valence-corrected chi connectivity index (χ4v) is 1.82. The number of hydrogen-bond donors (Lipinski definition) is 1. The Labute approximate surface area is 110 Å². The molecule has 0 heterocycles. The summed E-state index contributed by atoms with van der Waals surface area (Å²) in [6, 6.07) is 6.23. The van der Waals surface area contributed by atoms with Crippen molar-refractivity contribution >= 4 is 12.0 Å². The highest BCUT2D eigenvalue weighted by atomic mass is 16.1. The summed E-state index contributed by atoms with van der Waals surface area (Å²) < 4.78 is 0. The third kappa shape index (κ3) is 5.17. The van der Waals surface area contributed by atoms with Crippen molar-refractivity contribution < 1.29 is 4.79 Å². The first-order chi connectivity index (χ1) is 8.63. The Balaban J connectivity index is 2.45. The van der Waals surface area contributed by atoms with E-state index in [2.05, 4.69) is 38.2 Å². The highest BCUT2D eigenvalue weighted by Gasteiger charge is 1.97. The second kappa shape index (κ2) is 7.70. The fraction of sp³-hybridized carbons (Fsp3) is 0.438. The molecule has 0 saturated carbocycles. The third-order valence-corrected chi connectivity index (χ3v) is 2.92. The van der Waals surface area contributed by atoms with E-state index in [4.69, 9.17) is 0 Å². The molecule has 0 bridgehead atoms. The Morgan fingerprint density at radius 2 is 2.06 bits per heavy atom. The van der Waals surface area contributed by atoms with E-state index in [0.29, 0.717) is 0 Å². The normalized spacial score (nSPS) is 10.8. The molecule has 1 aromatic carbocycles. The number of aryl methyl sites for hydroxylation is 2. The van der Waals surface area contributed by atoms with Gasteiger partial charge < -0.3 is 5.32 Å². The molecule has 0 aliphatic heterocycles. The maximum Gasteiger partial charge on any atom is 0.243 e. The summed E-state index contributed by atoms with van der Waals surface area (Å²) in [5, 5.41) is 2.89. The minimum absolute atomic E-state index is 0.00826. The van der Waals surface area contributed by atoms with Crippen molar-refractivity contribution in [3.05, 3.63) is 41.0 Å². The predicted molar refractivity (Wildman–Crippen MR) is 77.5 cm³/mol. The summed E-state index contributed by atoms with van der Waals surface area (Å²) in [6.45, 7) is 7.05. The van der Waals surface area contributed by atoms with Gasteiger partial charge in [-0.3, -0.25) is 4.79 Å². The van der Waals surface area contributed by atoms with Crippen molar-refractivity contribution in [2.24, 2.45) is 0 Å². The Kier molecular flexibility index (Phi) is 6.20. The summed E-state index contributed by atoms with van der Waals surface area (Å²) in [5.41, 5.74) is 3.54. The molecule has 1 rings (SSSR count). The second-order valence-corrected chi connectivity index (χ2v) is 4.69. The Morgan fingerprint density at radius 3 is 2.72 bits per heavy atom. The number of amides is 1. The summed E-state index contributed by atoms with van der Waals surface area (Å²) in [7, 11) is 0. The van der Waals surface area contributed by atoms with Gasteiger partial charge in [0.25, 0.3) is 0 Å². The maximum atomic E-state index is 11.6. The largest absolute Gasteiger partial charge is 0.353 e. The summed E-state index contributed by atoms with van der Waals surface area (Å²) in [5.74, 6) is -0.00826. The van der Waals surface area contributed by atoms with Crippen LogP contribution < -0.4 is 5.32 Å². The number of rotatable bonds is 6. The van der Waals surface area contributed by atoms with Crippen LogP contribution in [0, 0.1) is 13.8 Å². The van der Waals surface area contributed by atoms with Crippen LogP contribution in [0.2, 0.25) is 0 Å². The number of benzene rings is 1. The Morgan fingerprint density at radius 1 is 1.28 bits per heavy atom. The molecule has 1 N–H and O–H groups in total. The quantitative estimate of drug-likeness (QED) is 0.602. The molecule has 0 spiro atoms. The van der Waals surface area contributed by atoms with Crippen LogP contribution in [0.4, 0.5) is 0 Å². The number of hydrogen-bond acceptors (Lipinski definition) is 1. The number of unbranched alkanes of at least 4 members (excludes halogenated alkanes) is 2. The molecule has 1 aromatic rings. The van der Waals surface area contributed by atoms with Crippen LogP contribution in [-0.2, 0) is 4.79 Å². The minimum atomic E-state index is -0.00826. The zero-order chi connectivity index (χ0) is 13.4. The number of carbonyl (C=O) groups is 1. The van der Waals surface area contributed by atoms with Gasteiger partial charge in [-0.05, 0) is 37.5 Å². The molecule has 2 nitrogen and oxygen atoms in total. The van der Waals surface area contributed by atoms with Crippen LogP contribution in [0.1, 0.15) is 42.9 Å². The highest BCUT2D eigenvalue weighted by Crippen LogP contribution is 2.11. The van der Waals surface area contributed by atoms with E-state index in [0.717, 1.165) is 18.5 Å². The van der Waals surface area contributed by atoms with Gasteiger partial charge in [-0.2, -0.15) is 0 Å². The SMILES string of the molecule is CCCCCNC(=O)/C=C/c1ccc(C)cc1C. The average Bonchev–Trinajstić information content (AvgIpc) is 2.33. The lowest BCUT2D eigenvalue weighted by Crippen LogP contribution is -2.21. The maximum absolute atomic E-state index is 11.6. The van der Waals surface area contributed by atoms with Gasteiger partial charge in [-0.25, -0.2) is 0 Å². The van der Waals surface area contributed by atoms with Gasteiger partial charge in [0.15, 0.2) is 0 Å². The van der Waals surface area contributed by atoms with Crippen molar-refractivity contribution in [1.82, 2.24) is 5.32 Å². The van der Waals surface area contributed by atoms with E-state index in [9.17, 15) is 4.79 Å². The van der Waals surface area contributed by atoms with Crippen molar-refractivity contribution in [3.8, 4) is 0 Å². The van der Waals surface area contributed by atoms with Gasteiger partial charge in [0, 0.05) is 12.6 Å². The molecular formula is C16H23NO. The number of carbonyl (C=O) groups excluding carboxylic acids is 1. The van der Waals surface area contributed by atoms with Gasteiger partial charge in [-0.1, -0.05) is 43.5 Å². The van der Waals surface area contributed by atoms with E-state index in [-0.39, 0.29) is 5.91 Å². The van der Waals surface area contributed by atoms with Crippen LogP contribution in [-0.4, -0.2) is 12.5 Å². The Bertz CT molecular complexity index is 421. The van der Waals surface area contributed by atoms with E-state index in [1.165, 1.54) is 24.0 Å². The molecule has 1 amide bonds. The lowest BCUT2D eigenvalue weighted by atomic mass is 10.1. The first-order valence-electron chi connectivity index (χ1n) is 6.66. The Hall–Kier alpha value is -1.57. The van der Waals surface area contributed by atoms with Gasteiger partial charge in [0.2, 0.25) is 5.91 Å². The van der Waals surface area contributed by atoms with Crippen molar-refractivity contribution in [1.29, 1.82) is 0 Å². The lowest BCUT2D eigenvalue weighted by Gasteiger charge is -2.02. The molecular weight excluding hydrogens is 222 g/mol. The second-order valence-electron chi connectivity index (χ2n) is 4.69. The first-order valence-corrected chi connectivity index (χ1v) is 6.66. The molecule has 0 aliphatic rings. The smallest absolute Gasteiger partial charge is 0.243 e. The summed E-state index contributed by atoms with van der Waals surface area (Å²) >= 11 is 0. The molecule has 2 heteroatoms. The highest BCUT2D eigenvalue weighted by molar-refractivity contribution is 5.91. The lowest BCUT2D eigenvalue weighted by molar-refractivity contribution is -0.116. The van der Waals surface area contributed by atoms with E-state index in [1.54, 1.807) is 6.08 Å². The molecule has 98 valence electrons. The van der Waals surface area contributed by atoms with Crippen molar-refractivity contribution in [3.63, 3.8) is 0 Å². The van der Waals surface area contributed by atoms with Gasteiger partial charge in [0.1, 0.15) is 0 Å². The van der Waals surface area contributed by atoms with Crippen LogP contribution in [0.15, 0.2) is 24.3 Å².